The molecule has 0 saturated carbocycles. The first kappa shape index (κ1) is 23.7. The summed E-state index contributed by atoms with van der Waals surface area (Å²) in [7, 11) is 3.76. The maximum atomic E-state index is 12.1. The summed E-state index contributed by atoms with van der Waals surface area (Å²) in [6, 6.07) is 8.64. The number of hydrogen-bond donors (Lipinski definition) is 2. The highest BCUT2D eigenvalue weighted by molar-refractivity contribution is 14.0. The normalized spacial score (nSPS) is 11.5. The zero-order chi connectivity index (χ0) is 18.2. The van der Waals surface area contributed by atoms with Crippen molar-refractivity contribution in [3.05, 3.63) is 35.4 Å². The van der Waals surface area contributed by atoms with Crippen LogP contribution >= 0.6 is 24.0 Å². The van der Waals surface area contributed by atoms with Crippen molar-refractivity contribution >= 4 is 35.8 Å². The number of aryl methyl sites for hydroxylation is 1. The highest BCUT2D eigenvalue weighted by atomic mass is 127. The number of guanidine groups is 1. The second-order valence-corrected chi connectivity index (χ2v) is 6.67. The third-order valence-electron chi connectivity index (χ3n) is 4.06. The number of carbonyl (C=O) groups is 1. The van der Waals surface area contributed by atoms with Crippen molar-refractivity contribution in [2.24, 2.45) is 10.4 Å². The molecule has 1 aromatic carbocycles. The maximum absolute atomic E-state index is 12.1. The van der Waals surface area contributed by atoms with Gasteiger partial charge >= 0.3 is 0 Å². The minimum atomic E-state index is -0.491. The molecular weight excluding hydrogens is 427 g/mol. The number of nitrogens with one attached hydrogen (secondary N) is 2. The fourth-order valence-electron chi connectivity index (χ4n) is 2.39. The van der Waals surface area contributed by atoms with Crippen LogP contribution in [0.3, 0.4) is 0 Å². The van der Waals surface area contributed by atoms with Gasteiger partial charge in [-0.3, -0.25) is 9.79 Å². The van der Waals surface area contributed by atoms with Gasteiger partial charge in [-0.05, 0) is 38.3 Å². The fraction of sp³-hybridized carbons (Fsp3) is 0.579. The van der Waals surface area contributed by atoms with Crippen molar-refractivity contribution in [3.63, 3.8) is 0 Å². The topological polar surface area (TPSA) is 56.7 Å². The second-order valence-electron chi connectivity index (χ2n) is 6.67. The predicted molar refractivity (Wildman–Crippen MR) is 117 cm³/mol. The van der Waals surface area contributed by atoms with Crippen LogP contribution in [0.4, 0.5) is 0 Å². The summed E-state index contributed by atoms with van der Waals surface area (Å²) < 4.78 is 0. The maximum Gasteiger partial charge on any atom is 0.227 e. The van der Waals surface area contributed by atoms with Crippen molar-refractivity contribution in [2.45, 2.75) is 40.7 Å². The zero-order valence-electron chi connectivity index (χ0n) is 16.3. The first-order valence-corrected chi connectivity index (χ1v) is 8.62. The van der Waals surface area contributed by atoms with Gasteiger partial charge in [-0.15, -0.1) is 24.0 Å². The average Bonchev–Trinajstić information content (AvgIpc) is 2.56. The lowest BCUT2D eigenvalue weighted by molar-refractivity contribution is -0.128. The molecule has 0 atom stereocenters. The van der Waals surface area contributed by atoms with Crippen LogP contribution in [0.2, 0.25) is 0 Å². The molecule has 0 aliphatic heterocycles. The van der Waals surface area contributed by atoms with Crippen LogP contribution in [0.5, 0.6) is 0 Å². The molecule has 0 radical (unpaired) electrons. The Labute approximate surface area is 169 Å². The quantitative estimate of drug-likeness (QED) is 0.374. The summed E-state index contributed by atoms with van der Waals surface area (Å²) in [5.41, 5.74) is 2.09. The largest absolute Gasteiger partial charge is 0.356 e. The van der Waals surface area contributed by atoms with Crippen LogP contribution in [0.1, 0.15) is 38.8 Å². The number of hydrogen-bond acceptors (Lipinski definition) is 2. The van der Waals surface area contributed by atoms with Crippen LogP contribution in [0, 0.1) is 5.41 Å². The first-order chi connectivity index (χ1) is 11.3. The number of carbonyl (C=O) groups excluding carboxylic acids is 1. The van der Waals surface area contributed by atoms with Crippen molar-refractivity contribution in [1.82, 2.24) is 15.5 Å². The molecule has 0 fully saturated rings. The summed E-state index contributed by atoms with van der Waals surface area (Å²) in [6.45, 7) is 9.89. The number of aliphatic imine (C=N–C) groups is 1. The van der Waals surface area contributed by atoms with E-state index in [1.165, 1.54) is 11.1 Å². The SMILES string of the molecule is CCNC(=O)C(C)(C)CNC(=NC)N(C)Cc1ccc(CC)cc1.I. The van der Waals surface area contributed by atoms with E-state index in [4.69, 9.17) is 0 Å². The number of halogens is 1. The Morgan fingerprint density at radius 2 is 1.68 bits per heavy atom. The zero-order valence-corrected chi connectivity index (χ0v) is 18.7. The number of rotatable bonds is 7. The van der Waals surface area contributed by atoms with Crippen molar-refractivity contribution in [3.8, 4) is 0 Å². The third kappa shape index (κ3) is 7.63. The summed E-state index contributed by atoms with van der Waals surface area (Å²) in [6.07, 6.45) is 1.05. The van der Waals surface area contributed by atoms with E-state index in [2.05, 4.69) is 51.7 Å². The molecule has 142 valence electrons. The van der Waals surface area contributed by atoms with Crippen LogP contribution < -0.4 is 10.6 Å². The molecule has 25 heavy (non-hydrogen) atoms. The van der Waals surface area contributed by atoms with Gasteiger partial charge in [0.2, 0.25) is 5.91 Å². The molecule has 1 rings (SSSR count). The molecular formula is C19H33IN4O. The van der Waals surface area contributed by atoms with Crippen LogP contribution in [-0.4, -0.2) is 44.0 Å². The lowest BCUT2D eigenvalue weighted by atomic mass is 9.92. The molecule has 0 aliphatic carbocycles. The standard InChI is InChI=1S/C19H32N4O.HI/c1-7-15-9-11-16(12-10-15)13-23(6)18(20-5)22-14-19(3,4)17(24)21-8-2;/h9-12H,7-8,13-14H2,1-6H3,(H,20,22)(H,21,24);1H. The first-order valence-electron chi connectivity index (χ1n) is 8.62. The molecule has 0 aliphatic rings. The summed E-state index contributed by atoms with van der Waals surface area (Å²) in [5.74, 6) is 0.831. The third-order valence-corrected chi connectivity index (χ3v) is 4.06. The van der Waals surface area contributed by atoms with Gasteiger partial charge in [0.15, 0.2) is 5.96 Å². The van der Waals surface area contributed by atoms with E-state index in [0.29, 0.717) is 13.1 Å². The van der Waals surface area contributed by atoms with E-state index in [9.17, 15) is 4.79 Å². The highest BCUT2D eigenvalue weighted by Gasteiger charge is 2.27. The van der Waals surface area contributed by atoms with E-state index < -0.39 is 5.41 Å². The summed E-state index contributed by atoms with van der Waals surface area (Å²) >= 11 is 0. The summed E-state index contributed by atoms with van der Waals surface area (Å²) in [4.78, 5) is 18.5. The number of amides is 1. The van der Waals surface area contributed by atoms with Crippen molar-refractivity contribution < 1.29 is 4.79 Å². The van der Waals surface area contributed by atoms with E-state index in [-0.39, 0.29) is 29.9 Å². The molecule has 5 nitrogen and oxygen atoms in total. The van der Waals surface area contributed by atoms with E-state index in [0.717, 1.165) is 18.9 Å². The molecule has 2 N–H and O–H groups in total. The van der Waals surface area contributed by atoms with Gasteiger partial charge in [-0.1, -0.05) is 31.2 Å². The monoisotopic (exact) mass is 460 g/mol. The van der Waals surface area contributed by atoms with Crippen LogP contribution in [-0.2, 0) is 17.8 Å². The van der Waals surface area contributed by atoms with Gasteiger partial charge in [0.1, 0.15) is 0 Å². The van der Waals surface area contributed by atoms with Crippen molar-refractivity contribution in [2.75, 3.05) is 27.2 Å². The Morgan fingerprint density at radius 1 is 1.12 bits per heavy atom. The minimum absolute atomic E-state index is 0. The molecule has 1 aromatic rings. The van der Waals surface area contributed by atoms with Crippen LogP contribution in [0.25, 0.3) is 0 Å². The van der Waals surface area contributed by atoms with Gasteiger partial charge in [-0.25, -0.2) is 0 Å². The van der Waals surface area contributed by atoms with Gasteiger partial charge in [-0.2, -0.15) is 0 Å². The van der Waals surface area contributed by atoms with E-state index >= 15 is 0 Å². The van der Waals surface area contributed by atoms with Crippen LogP contribution in [0.15, 0.2) is 29.3 Å². The molecule has 0 unspecified atom stereocenters. The molecule has 0 aromatic heterocycles. The lowest BCUT2D eigenvalue weighted by Gasteiger charge is -2.28. The molecule has 0 spiro atoms. The molecule has 6 heteroatoms. The smallest absolute Gasteiger partial charge is 0.227 e. The van der Waals surface area contributed by atoms with Gasteiger partial charge in [0, 0.05) is 33.7 Å². The molecule has 1 amide bonds. The second kappa shape index (κ2) is 11.3. The van der Waals surface area contributed by atoms with Crippen molar-refractivity contribution in [1.29, 1.82) is 0 Å². The fourth-order valence-corrected chi connectivity index (χ4v) is 2.39. The Hall–Kier alpha value is -1.31. The Kier molecular flexibility index (Phi) is 10.7. The molecule has 0 saturated heterocycles. The number of benzene rings is 1. The van der Waals surface area contributed by atoms with Gasteiger partial charge < -0.3 is 15.5 Å². The Bertz CT molecular complexity index is 555. The Balaban J connectivity index is 0.00000576. The average molecular weight is 460 g/mol. The number of nitrogens with zero attached hydrogens (tertiary/aromatic N) is 2. The summed E-state index contributed by atoms with van der Waals surface area (Å²) in [5, 5.41) is 6.18. The predicted octanol–water partition coefficient (Wildman–Crippen LogP) is 3.04. The van der Waals surface area contributed by atoms with E-state index in [1.807, 2.05) is 27.8 Å². The lowest BCUT2D eigenvalue weighted by Crippen LogP contribution is -2.48. The highest BCUT2D eigenvalue weighted by Crippen LogP contribution is 2.14. The minimum Gasteiger partial charge on any atom is -0.356 e. The molecule has 0 heterocycles. The Morgan fingerprint density at radius 3 is 2.16 bits per heavy atom. The molecule has 0 bridgehead atoms. The van der Waals surface area contributed by atoms with E-state index in [1.54, 1.807) is 7.05 Å². The van der Waals surface area contributed by atoms with Gasteiger partial charge in [0.05, 0.1) is 5.41 Å². The van der Waals surface area contributed by atoms with Gasteiger partial charge in [0.25, 0.3) is 0 Å².